The second-order valence-corrected chi connectivity index (χ2v) is 3.98. The predicted molar refractivity (Wildman–Crippen MR) is 66.8 cm³/mol. The first-order valence-electron chi connectivity index (χ1n) is 6.13. The van der Waals surface area contributed by atoms with Crippen LogP contribution in [0.4, 0.5) is 0 Å². The molecule has 0 aliphatic rings. The minimum absolute atomic E-state index is 0. The summed E-state index contributed by atoms with van der Waals surface area (Å²) in [7, 11) is 0. The van der Waals surface area contributed by atoms with E-state index >= 15 is 0 Å². The van der Waals surface area contributed by atoms with Gasteiger partial charge in [-0.15, -0.1) is 0 Å². The van der Waals surface area contributed by atoms with Crippen LogP contribution in [0.15, 0.2) is 0 Å². The van der Waals surface area contributed by atoms with Crippen molar-refractivity contribution in [2.75, 3.05) is 0 Å². The van der Waals surface area contributed by atoms with Crippen LogP contribution < -0.4 is 20.4 Å². The van der Waals surface area contributed by atoms with E-state index in [9.17, 15) is 39.6 Å². The Labute approximate surface area is 157 Å². The van der Waals surface area contributed by atoms with E-state index in [0.29, 0.717) is 0 Å². The number of carboxylic acid groups (broad SMARTS) is 4. The van der Waals surface area contributed by atoms with Gasteiger partial charge in [-0.3, -0.25) is 0 Å². The van der Waals surface area contributed by atoms with Crippen molar-refractivity contribution in [1.82, 2.24) is 0 Å². The van der Waals surface area contributed by atoms with Gasteiger partial charge >= 0.3 is 0 Å². The summed E-state index contributed by atoms with van der Waals surface area (Å²) >= 11 is 0. The van der Waals surface area contributed by atoms with Crippen LogP contribution in [0, 0.1) is 0 Å². The van der Waals surface area contributed by atoms with Crippen molar-refractivity contribution in [3.05, 3.63) is 0 Å². The standard InChI is InChI=1S/4C3H6O3.W/c4*1-2(4)3(5)6;/h4*2,4H,1H3,(H,5,6);/p-4. The number of aliphatic carboxylic acids is 4. The fourth-order valence-electron chi connectivity index (χ4n) is 0. The Bertz CT molecular complexity index is 306. The molecule has 4 atom stereocenters. The Morgan fingerprint density at radius 3 is 0.560 bits per heavy atom. The van der Waals surface area contributed by atoms with Gasteiger partial charge in [0, 0.05) is 21.1 Å². The molecule has 0 amide bonds. The Hall–Kier alpha value is -1.59. The van der Waals surface area contributed by atoms with E-state index in [-0.39, 0.29) is 21.1 Å². The zero-order valence-electron chi connectivity index (χ0n) is 13.8. The van der Waals surface area contributed by atoms with Crippen LogP contribution in [-0.4, -0.2) is 68.7 Å². The average molecular weight is 540 g/mol. The molecule has 25 heavy (non-hydrogen) atoms. The number of hydrogen-bond donors (Lipinski definition) is 4. The SMILES string of the molecule is CC(O)C(=O)[O-].CC(O)C(=O)[O-].CC(O)C(=O)[O-].CC(O)C(=O)[O-].[W]. The minimum Gasteiger partial charge on any atom is -0.547 e. The number of carbonyl (C=O) groups is 4. The minimum atomic E-state index is -1.44. The normalized spacial score (nSPS) is 13.1. The van der Waals surface area contributed by atoms with Crippen molar-refractivity contribution >= 4 is 23.9 Å². The molecular formula is C12H20O12W-4. The van der Waals surface area contributed by atoms with E-state index in [4.69, 9.17) is 20.4 Å². The molecule has 4 unspecified atom stereocenters. The van der Waals surface area contributed by atoms with Crippen molar-refractivity contribution in [3.8, 4) is 0 Å². The monoisotopic (exact) mass is 540 g/mol. The molecule has 0 bridgehead atoms. The zero-order valence-corrected chi connectivity index (χ0v) is 16.7. The van der Waals surface area contributed by atoms with E-state index in [1.165, 1.54) is 0 Å². The number of carbonyl (C=O) groups excluding carboxylic acids is 4. The molecule has 0 rings (SSSR count). The molecule has 0 aliphatic heterocycles. The molecule has 0 aromatic carbocycles. The van der Waals surface area contributed by atoms with E-state index in [0.717, 1.165) is 27.7 Å². The molecule has 0 radical (unpaired) electrons. The summed E-state index contributed by atoms with van der Waals surface area (Å²) in [5.41, 5.74) is 0. The maximum atomic E-state index is 9.34. The molecule has 0 saturated heterocycles. The number of aliphatic hydroxyl groups excluding tert-OH is 4. The zero-order chi connectivity index (χ0) is 20.6. The van der Waals surface area contributed by atoms with Gasteiger partial charge in [0.05, 0.1) is 48.3 Å². The molecule has 13 heteroatoms. The van der Waals surface area contributed by atoms with Crippen LogP contribution in [0.2, 0.25) is 0 Å². The van der Waals surface area contributed by atoms with Crippen LogP contribution in [0.25, 0.3) is 0 Å². The summed E-state index contributed by atoms with van der Waals surface area (Å²) in [5, 5.41) is 69.2. The second kappa shape index (κ2) is 20.5. The maximum absolute atomic E-state index is 9.34. The second-order valence-electron chi connectivity index (χ2n) is 3.98. The summed E-state index contributed by atoms with van der Waals surface area (Å²) in [5.74, 6) is -5.74. The van der Waals surface area contributed by atoms with Crippen LogP contribution in [0.3, 0.4) is 0 Å². The number of carboxylic acids is 4. The van der Waals surface area contributed by atoms with E-state index in [1.807, 2.05) is 0 Å². The van der Waals surface area contributed by atoms with Gasteiger partial charge in [0.1, 0.15) is 0 Å². The van der Waals surface area contributed by atoms with Crippen LogP contribution >= 0.6 is 0 Å². The molecular weight excluding hydrogens is 520 g/mol. The molecule has 0 spiro atoms. The van der Waals surface area contributed by atoms with Gasteiger partial charge < -0.3 is 60.0 Å². The molecule has 0 fully saturated rings. The van der Waals surface area contributed by atoms with Gasteiger partial charge in [0.2, 0.25) is 0 Å². The first kappa shape index (κ1) is 34.7. The smallest absolute Gasteiger partial charge is 0.0905 e. The Balaban J connectivity index is -0.0000000702. The predicted octanol–water partition coefficient (Wildman–Crippen LogP) is -7.53. The first-order chi connectivity index (χ1) is 10.6. The van der Waals surface area contributed by atoms with Gasteiger partial charge in [-0.05, 0) is 27.7 Å². The van der Waals surface area contributed by atoms with Crippen molar-refractivity contribution in [3.63, 3.8) is 0 Å². The fraction of sp³-hybridized carbons (Fsp3) is 0.667. The Morgan fingerprint density at radius 1 is 0.520 bits per heavy atom. The number of aliphatic hydroxyl groups is 4. The van der Waals surface area contributed by atoms with Crippen molar-refractivity contribution < 1.29 is 81.1 Å². The number of hydrogen-bond acceptors (Lipinski definition) is 12. The third-order valence-electron chi connectivity index (χ3n) is 1.36. The maximum Gasteiger partial charge on any atom is 0.0905 e. The average Bonchev–Trinajstić information content (AvgIpc) is 2.40. The molecule has 0 aromatic heterocycles. The summed E-state index contributed by atoms with van der Waals surface area (Å²) in [6.45, 7) is 4.54. The van der Waals surface area contributed by atoms with Gasteiger partial charge in [0.15, 0.2) is 0 Å². The largest absolute Gasteiger partial charge is 0.547 e. The van der Waals surface area contributed by atoms with Gasteiger partial charge in [-0.1, -0.05) is 0 Å². The van der Waals surface area contributed by atoms with Crippen LogP contribution in [0.1, 0.15) is 27.7 Å². The summed E-state index contributed by atoms with van der Waals surface area (Å²) in [6.07, 6.45) is -5.37. The van der Waals surface area contributed by atoms with Gasteiger partial charge in [-0.2, -0.15) is 0 Å². The topological polar surface area (TPSA) is 241 Å². The Kier molecular flexibility index (Phi) is 28.4. The van der Waals surface area contributed by atoms with E-state index in [2.05, 4.69) is 0 Å². The molecule has 0 heterocycles. The van der Waals surface area contributed by atoms with Crippen molar-refractivity contribution in [1.29, 1.82) is 0 Å². The van der Waals surface area contributed by atoms with Gasteiger partial charge in [-0.25, -0.2) is 0 Å². The summed E-state index contributed by atoms with van der Waals surface area (Å²) in [4.78, 5) is 37.4. The Morgan fingerprint density at radius 2 is 0.560 bits per heavy atom. The third-order valence-corrected chi connectivity index (χ3v) is 1.36. The summed E-state index contributed by atoms with van der Waals surface area (Å²) < 4.78 is 0. The van der Waals surface area contributed by atoms with Crippen molar-refractivity contribution in [2.24, 2.45) is 0 Å². The quantitative estimate of drug-likeness (QED) is 0.260. The molecule has 4 N–H and O–H groups in total. The van der Waals surface area contributed by atoms with E-state index < -0.39 is 48.3 Å². The van der Waals surface area contributed by atoms with Gasteiger partial charge in [0.25, 0.3) is 0 Å². The van der Waals surface area contributed by atoms with E-state index in [1.54, 1.807) is 0 Å². The molecule has 0 aromatic rings. The summed E-state index contributed by atoms with van der Waals surface area (Å²) in [6, 6.07) is 0. The molecule has 0 saturated carbocycles. The fourth-order valence-corrected chi connectivity index (χ4v) is 0. The van der Waals surface area contributed by atoms with Crippen molar-refractivity contribution in [2.45, 2.75) is 52.1 Å². The first-order valence-corrected chi connectivity index (χ1v) is 6.13. The number of rotatable bonds is 4. The van der Waals surface area contributed by atoms with Crippen LogP contribution in [0.5, 0.6) is 0 Å². The molecule has 0 aliphatic carbocycles. The molecule has 12 nitrogen and oxygen atoms in total. The van der Waals surface area contributed by atoms with Crippen LogP contribution in [-0.2, 0) is 40.2 Å². The molecule has 150 valence electrons. The third kappa shape index (κ3) is 45.0.